The number of aliphatic imine (C=N–C) groups is 1. The third-order valence-electron chi connectivity index (χ3n) is 4.29. The average molecular weight is 343 g/mol. The molecule has 1 aliphatic carbocycles. The second-order valence-electron chi connectivity index (χ2n) is 5.98. The van der Waals surface area contributed by atoms with Crippen molar-refractivity contribution in [2.24, 2.45) is 4.99 Å². The lowest BCUT2D eigenvalue weighted by Crippen LogP contribution is -2.33. The number of thioether (sulfide) groups is 1. The molecule has 126 valence electrons. The van der Waals surface area contributed by atoms with Crippen molar-refractivity contribution in [3.8, 4) is 0 Å². The Morgan fingerprint density at radius 2 is 2.08 bits per heavy atom. The van der Waals surface area contributed by atoms with Crippen LogP contribution in [0, 0.1) is 0 Å². The number of amides is 1. The molecule has 1 aliphatic heterocycles. The van der Waals surface area contributed by atoms with Crippen LogP contribution in [-0.2, 0) is 9.59 Å². The number of carbonyl (C=O) groups excluding carboxylic acids is 2. The van der Waals surface area contributed by atoms with Crippen molar-refractivity contribution in [1.82, 2.24) is 4.90 Å². The van der Waals surface area contributed by atoms with Gasteiger partial charge in [0.15, 0.2) is 0 Å². The number of para-hydroxylation sites is 1. The Bertz CT molecular complexity index is 653. The van der Waals surface area contributed by atoms with E-state index >= 15 is 0 Å². The van der Waals surface area contributed by atoms with Crippen molar-refractivity contribution in [3.63, 3.8) is 0 Å². The Labute approximate surface area is 146 Å². The second kappa shape index (κ2) is 8.15. The van der Waals surface area contributed by atoms with Crippen molar-refractivity contribution in [2.75, 3.05) is 18.4 Å². The molecular formula is C18H21N3O2S. The summed E-state index contributed by atoms with van der Waals surface area (Å²) in [5.41, 5.74) is 2.40. The molecule has 1 N–H and O–H groups in total. The average Bonchev–Trinajstić information content (AvgIpc) is 2.59. The molecule has 1 amide bonds. The van der Waals surface area contributed by atoms with Crippen molar-refractivity contribution >= 4 is 35.3 Å². The highest BCUT2D eigenvalue weighted by Crippen LogP contribution is 2.34. The van der Waals surface area contributed by atoms with Crippen LogP contribution < -0.4 is 5.32 Å². The lowest BCUT2D eigenvalue weighted by Gasteiger charge is -2.28. The summed E-state index contributed by atoms with van der Waals surface area (Å²) in [6.45, 7) is 0.965. The van der Waals surface area contributed by atoms with Gasteiger partial charge in [0.2, 0.25) is 11.5 Å². The van der Waals surface area contributed by atoms with Crippen molar-refractivity contribution < 1.29 is 9.59 Å². The van der Waals surface area contributed by atoms with Crippen LogP contribution in [0.5, 0.6) is 0 Å². The van der Waals surface area contributed by atoms with E-state index in [1.54, 1.807) is 11.2 Å². The van der Waals surface area contributed by atoms with E-state index in [2.05, 4.69) is 10.3 Å². The molecule has 1 aromatic carbocycles. The van der Waals surface area contributed by atoms with Gasteiger partial charge in [-0.05, 0) is 25.0 Å². The van der Waals surface area contributed by atoms with E-state index in [0.29, 0.717) is 30.3 Å². The molecule has 0 radical (unpaired) electrons. The number of nitrogens with one attached hydrogen (secondary N) is 1. The zero-order valence-corrected chi connectivity index (χ0v) is 14.3. The SMILES string of the molecule is O=CN1CCC(N=CNc2ccccc2)=C(C(=O)SC2CCC2)C1. The highest BCUT2D eigenvalue weighted by atomic mass is 32.2. The highest BCUT2D eigenvalue weighted by Gasteiger charge is 2.28. The molecule has 1 heterocycles. The van der Waals surface area contributed by atoms with E-state index in [1.165, 1.54) is 18.2 Å². The van der Waals surface area contributed by atoms with Crippen LogP contribution in [0.1, 0.15) is 25.7 Å². The maximum absolute atomic E-state index is 12.6. The zero-order valence-electron chi connectivity index (χ0n) is 13.5. The van der Waals surface area contributed by atoms with Gasteiger partial charge in [-0.25, -0.2) is 4.99 Å². The second-order valence-corrected chi connectivity index (χ2v) is 7.25. The van der Waals surface area contributed by atoms with Gasteiger partial charge in [0.25, 0.3) is 0 Å². The van der Waals surface area contributed by atoms with Gasteiger partial charge in [-0.2, -0.15) is 0 Å². The van der Waals surface area contributed by atoms with Gasteiger partial charge >= 0.3 is 0 Å². The molecule has 0 saturated heterocycles. The quantitative estimate of drug-likeness (QED) is 0.490. The summed E-state index contributed by atoms with van der Waals surface area (Å²) in [6, 6.07) is 9.75. The molecule has 3 rings (SSSR count). The minimum Gasteiger partial charge on any atom is -0.346 e. The molecule has 0 unspecified atom stereocenters. The first kappa shape index (κ1) is 16.8. The van der Waals surface area contributed by atoms with Crippen molar-refractivity contribution in [1.29, 1.82) is 0 Å². The molecule has 1 saturated carbocycles. The maximum atomic E-state index is 12.6. The van der Waals surface area contributed by atoms with Gasteiger partial charge in [-0.3, -0.25) is 9.59 Å². The summed E-state index contributed by atoms with van der Waals surface area (Å²) in [5, 5.41) is 3.61. The van der Waals surface area contributed by atoms with E-state index in [0.717, 1.165) is 30.6 Å². The third-order valence-corrected chi connectivity index (χ3v) is 5.56. The molecule has 24 heavy (non-hydrogen) atoms. The predicted octanol–water partition coefficient (Wildman–Crippen LogP) is 3.06. The van der Waals surface area contributed by atoms with Crippen LogP contribution in [0.25, 0.3) is 0 Å². The first-order valence-corrected chi connectivity index (χ1v) is 9.10. The molecule has 2 aliphatic rings. The highest BCUT2D eigenvalue weighted by molar-refractivity contribution is 8.14. The first-order valence-electron chi connectivity index (χ1n) is 8.23. The number of anilines is 1. The zero-order chi connectivity index (χ0) is 16.8. The molecular weight excluding hydrogens is 322 g/mol. The number of benzene rings is 1. The predicted molar refractivity (Wildman–Crippen MR) is 98.1 cm³/mol. The summed E-state index contributed by atoms with van der Waals surface area (Å²) < 4.78 is 0. The number of nitrogens with zero attached hydrogens (tertiary/aromatic N) is 2. The molecule has 0 bridgehead atoms. The topological polar surface area (TPSA) is 61.8 Å². The Hall–Kier alpha value is -2.08. The molecule has 0 aromatic heterocycles. The van der Waals surface area contributed by atoms with Crippen molar-refractivity contribution in [2.45, 2.75) is 30.9 Å². The number of carbonyl (C=O) groups is 2. The van der Waals surface area contributed by atoms with Gasteiger partial charge in [0, 0.05) is 29.5 Å². The van der Waals surface area contributed by atoms with Crippen LogP contribution in [0.3, 0.4) is 0 Å². The molecule has 0 atom stereocenters. The van der Waals surface area contributed by atoms with Gasteiger partial charge in [-0.15, -0.1) is 0 Å². The van der Waals surface area contributed by atoms with Crippen LogP contribution in [-0.4, -0.2) is 41.1 Å². The summed E-state index contributed by atoms with van der Waals surface area (Å²) in [6.07, 6.45) is 6.46. The third kappa shape index (κ3) is 4.26. The molecule has 1 fully saturated rings. The molecule has 0 spiro atoms. The number of hydrogen-bond acceptors (Lipinski definition) is 4. The van der Waals surface area contributed by atoms with Gasteiger partial charge < -0.3 is 10.2 Å². The lowest BCUT2D eigenvalue weighted by atomic mass is 10.00. The summed E-state index contributed by atoms with van der Waals surface area (Å²) in [4.78, 5) is 29.7. The Morgan fingerprint density at radius 1 is 1.29 bits per heavy atom. The van der Waals surface area contributed by atoms with Gasteiger partial charge in [0.1, 0.15) is 0 Å². The fourth-order valence-corrected chi connectivity index (χ4v) is 3.82. The normalized spacial score (nSPS) is 18.6. The summed E-state index contributed by atoms with van der Waals surface area (Å²) in [5.74, 6) is 0. The minimum absolute atomic E-state index is 0.0677. The molecule has 5 nitrogen and oxygen atoms in total. The summed E-state index contributed by atoms with van der Waals surface area (Å²) in [7, 11) is 0. The summed E-state index contributed by atoms with van der Waals surface area (Å²) >= 11 is 1.41. The Kier molecular flexibility index (Phi) is 5.69. The molecule has 1 aromatic rings. The van der Waals surface area contributed by atoms with Crippen LogP contribution in [0.15, 0.2) is 46.6 Å². The number of hydrogen-bond donors (Lipinski definition) is 1. The largest absolute Gasteiger partial charge is 0.346 e. The van der Waals surface area contributed by atoms with Crippen molar-refractivity contribution in [3.05, 3.63) is 41.6 Å². The molecule has 6 heteroatoms. The smallest absolute Gasteiger partial charge is 0.219 e. The van der Waals surface area contributed by atoms with E-state index in [4.69, 9.17) is 0 Å². The van der Waals surface area contributed by atoms with Gasteiger partial charge in [-0.1, -0.05) is 36.4 Å². The number of rotatable bonds is 6. The minimum atomic E-state index is 0.0677. The Balaban J connectivity index is 1.71. The van der Waals surface area contributed by atoms with E-state index < -0.39 is 0 Å². The van der Waals surface area contributed by atoms with Gasteiger partial charge in [0.05, 0.1) is 18.6 Å². The van der Waals surface area contributed by atoms with E-state index in [-0.39, 0.29) is 5.12 Å². The lowest BCUT2D eigenvalue weighted by molar-refractivity contribution is -0.118. The maximum Gasteiger partial charge on any atom is 0.219 e. The van der Waals surface area contributed by atoms with Crippen LogP contribution >= 0.6 is 11.8 Å². The van der Waals surface area contributed by atoms with Crippen LogP contribution in [0.2, 0.25) is 0 Å². The Morgan fingerprint density at radius 3 is 2.75 bits per heavy atom. The van der Waals surface area contributed by atoms with E-state index in [9.17, 15) is 9.59 Å². The first-order chi connectivity index (χ1) is 11.8. The van der Waals surface area contributed by atoms with E-state index in [1.807, 2.05) is 30.3 Å². The monoisotopic (exact) mass is 343 g/mol. The standard InChI is InChI=1S/C18H21N3O2S/c22-13-21-10-9-17(20-12-19-14-5-2-1-3-6-14)16(11-21)18(23)24-15-7-4-8-15/h1-3,5-6,12-13,15H,4,7-11H2,(H,19,20). The fourth-order valence-electron chi connectivity index (χ4n) is 2.62. The fraction of sp³-hybridized carbons (Fsp3) is 0.389. The van der Waals surface area contributed by atoms with Crippen LogP contribution in [0.4, 0.5) is 5.69 Å².